The lowest BCUT2D eigenvalue weighted by Crippen LogP contribution is -2.28. The average molecular weight is 557 g/mol. The van der Waals surface area contributed by atoms with Crippen LogP contribution in [0.3, 0.4) is 0 Å². The van der Waals surface area contributed by atoms with Gasteiger partial charge in [-0.2, -0.15) is 13.2 Å². The third-order valence-corrected chi connectivity index (χ3v) is 6.42. The number of nitrogens with zero attached hydrogens (tertiary/aromatic N) is 2. The van der Waals surface area contributed by atoms with Crippen LogP contribution in [0.2, 0.25) is 0 Å². The van der Waals surface area contributed by atoms with E-state index in [2.05, 4.69) is 27.2 Å². The van der Waals surface area contributed by atoms with Gasteiger partial charge in [-0.15, -0.1) is 0 Å². The molecule has 208 valence electrons. The molecule has 0 unspecified atom stereocenters. The Labute approximate surface area is 226 Å². The second-order valence-corrected chi connectivity index (χ2v) is 9.08. The molecule has 2 amide bonds. The molecular formula is C28H24F4N4O4. The van der Waals surface area contributed by atoms with E-state index in [0.29, 0.717) is 30.5 Å². The first-order chi connectivity index (χ1) is 19.0. The highest BCUT2D eigenvalue weighted by molar-refractivity contribution is 5.96. The van der Waals surface area contributed by atoms with Gasteiger partial charge in [0.05, 0.1) is 23.6 Å². The van der Waals surface area contributed by atoms with Crippen molar-refractivity contribution in [2.75, 3.05) is 11.9 Å². The Morgan fingerprint density at radius 2 is 1.93 bits per heavy atom. The molecule has 3 aromatic rings. The Morgan fingerprint density at radius 1 is 1.15 bits per heavy atom. The normalized spacial score (nSPS) is 14.3. The fourth-order valence-corrected chi connectivity index (χ4v) is 4.52. The topological polar surface area (TPSA) is 110 Å². The highest BCUT2D eigenvalue weighted by Gasteiger charge is 2.34. The lowest BCUT2D eigenvalue weighted by Gasteiger charge is -2.16. The molecule has 0 aliphatic heterocycles. The van der Waals surface area contributed by atoms with Crippen molar-refractivity contribution in [2.45, 2.75) is 38.4 Å². The molecule has 40 heavy (non-hydrogen) atoms. The summed E-state index contributed by atoms with van der Waals surface area (Å²) in [5.41, 5.74) is 1.48. The second kappa shape index (κ2) is 11.6. The maximum Gasteiger partial charge on any atom is 0.419 e. The van der Waals surface area contributed by atoms with E-state index in [9.17, 15) is 31.9 Å². The van der Waals surface area contributed by atoms with Crippen molar-refractivity contribution in [2.24, 2.45) is 0 Å². The van der Waals surface area contributed by atoms with E-state index < -0.39 is 41.8 Å². The number of esters is 1. The SMILES string of the molecule is C=CCOC(=O)c1ccc2c(c1C)CC[C@@H]2NC(=O)c1cc(NC(=O)Cc2ccc(F)c(C(F)(F)F)c2)ncn1. The summed E-state index contributed by atoms with van der Waals surface area (Å²) in [5.74, 6) is -3.17. The van der Waals surface area contributed by atoms with Gasteiger partial charge in [0.15, 0.2) is 0 Å². The number of amides is 2. The largest absolute Gasteiger partial charge is 0.458 e. The molecule has 1 atom stereocenters. The van der Waals surface area contributed by atoms with Crippen LogP contribution in [0.15, 0.2) is 55.4 Å². The van der Waals surface area contributed by atoms with Crippen molar-refractivity contribution >= 4 is 23.6 Å². The summed E-state index contributed by atoms with van der Waals surface area (Å²) < 4.78 is 57.5. The number of rotatable bonds is 8. The third-order valence-electron chi connectivity index (χ3n) is 6.42. The minimum atomic E-state index is -4.90. The molecule has 0 saturated carbocycles. The smallest absolute Gasteiger partial charge is 0.419 e. The highest BCUT2D eigenvalue weighted by Crippen LogP contribution is 2.35. The fourth-order valence-electron chi connectivity index (χ4n) is 4.52. The van der Waals surface area contributed by atoms with Crippen LogP contribution in [0.1, 0.15) is 61.1 Å². The summed E-state index contributed by atoms with van der Waals surface area (Å²) >= 11 is 0. The van der Waals surface area contributed by atoms with Crippen LogP contribution in [0, 0.1) is 12.7 Å². The van der Waals surface area contributed by atoms with Gasteiger partial charge in [0.25, 0.3) is 5.91 Å². The Kier molecular flexibility index (Phi) is 8.26. The molecule has 0 saturated heterocycles. The van der Waals surface area contributed by atoms with Crippen LogP contribution in [0.25, 0.3) is 0 Å². The molecule has 0 bridgehead atoms. The number of carbonyl (C=O) groups excluding carboxylic acids is 3. The maximum absolute atomic E-state index is 13.5. The van der Waals surface area contributed by atoms with Crippen LogP contribution in [0.4, 0.5) is 23.4 Å². The summed E-state index contributed by atoms with van der Waals surface area (Å²) in [6.45, 7) is 5.45. The van der Waals surface area contributed by atoms with Crippen LogP contribution in [-0.4, -0.2) is 34.4 Å². The average Bonchev–Trinajstić information content (AvgIpc) is 3.31. The lowest BCUT2D eigenvalue weighted by molar-refractivity contribution is -0.140. The van der Waals surface area contributed by atoms with Gasteiger partial charge in [0.2, 0.25) is 5.91 Å². The minimum Gasteiger partial charge on any atom is -0.458 e. The number of halogens is 4. The Hall–Kier alpha value is -4.61. The number of hydrogen-bond acceptors (Lipinski definition) is 6. The van der Waals surface area contributed by atoms with E-state index in [1.807, 2.05) is 6.92 Å². The van der Waals surface area contributed by atoms with Crippen LogP contribution < -0.4 is 10.6 Å². The van der Waals surface area contributed by atoms with E-state index in [0.717, 1.165) is 29.1 Å². The zero-order valence-corrected chi connectivity index (χ0v) is 21.3. The van der Waals surface area contributed by atoms with Crippen molar-refractivity contribution in [3.63, 3.8) is 0 Å². The van der Waals surface area contributed by atoms with Crippen LogP contribution in [0.5, 0.6) is 0 Å². The quantitative estimate of drug-likeness (QED) is 0.232. The molecule has 0 radical (unpaired) electrons. The number of hydrogen-bond donors (Lipinski definition) is 2. The number of benzene rings is 2. The van der Waals surface area contributed by atoms with Crippen molar-refractivity contribution in [3.05, 3.63) is 100 Å². The predicted octanol–water partition coefficient (Wildman–Crippen LogP) is 4.88. The summed E-state index contributed by atoms with van der Waals surface area (Å²) in [7, 11) is 0. The van der Waals surface area contributed by atoms with Gasteiger partial charge in [-0.05, 0) is 60.2 Å². The Morgan fingerprint density at radius 3 is 2.65 bits per heavy atom. The van der Waals surface area contributed by atoms with Gasteiger partial charge < -0.3 is 15.4 Å². The van der Waals surface area contributed by atoms with E-state index in [1.54, 1.807) is 12.1 Å². The van der Waals surface area contributed by atoms with Crippen molar-refractivity contribution in [3.8, 4) is 0 Å². The molecule has 12 heteroatoms. The molecule has 8 nitrogen and oxygen atoms in total. The number of ether oxygens (including phenoxy) is 1. The molecule has 4 rings (SSSR count). The first-order valence-corrected chi connectivity index (χ1v) is 12.2. The van der Waals surface area contributed by atoms with Gasteiger partial charge in [-0.3, -0.25) is 9.59 Å². The van der Waals surface area contributed by atoms with Crippen LogP contribution in [-0.2, 0) is 28.5 Å². The minimum absolute atomic E-state index is 0.0337. The van der Waals surface area contributed by atoms with Gasteiger partial charge >= 0.3 is 12.1 Å². The molecule has 2 N–H and O–H groups in total. The molecule has 2 aromatic carbocycles. The maximum atomic E-state index is 13.5. The molecular weight excluding hydrogens is 532 g/mol. The highest BCUT2D eigenvalue weighted by atomic mass is 19.4. The number of aromatic nitrogens is 2. The van der Waals surface area contributed by atoms with Gasteiger partial charge in [0, 0.05) is 6.07 Å². The molecule has 1 aliphatic rings. The summed E-state index contributed by atoms with van der Waals surface area (Å²) in [4.78, 5) is 45.5. The van der Waals surface area contributed by atoms with Gasteiger partial charge in [-0.1, -0.05) is 24.8 Å². The summed E-state index contributed by atoms with van der Waals surface area (Å²) in [5, 5.41) is 5.31. The number of carbonyl (C=O) groups is 3. The number of anilines is 1. The first kappa shape index (κ1) is 28.4. The number of fused-ring (bicyclic) bond motifs is 1. The fraction of sp³-hybridized carbons (Fsp3) is 0.250. The van der Waals surface area contributed by atoms with Crippen molar-refractivity contribution in [1.29, 1.82) is 0 Å². The van der Waals surface area contributed by atoms with E-state index in [1.165, 1.54) is 12.1 Å². The molecule has 1 aromatic heterocycles. The van der Waals surface area contributed by atoms with Gasteiger partial charge in [-0.25, -0.2) is 19.2 Å². The Bertz CT molecular complexity index is 1490. The zero-order chi connectivity index (χ0) is 29.0. The van der Waals surface area contributed by atoms with Crippen LogP contribution >= 0.6 is 0 Å². The van der Waals surface area contributed by atoms with E-state index in [-0.39, 0.29) is 29.7 Å². The van der Waals surface area contributed by atoms with Crippen molar-refractivity contribution in [1.82, 2.24) is 15.3 Å². The first-order valence-electron chi connectivity index (χ1n) is 12.2. The van der Waals surface area contributed by atoms with Crippen molar-refractivity contribution < 1.29 is 36.7 Å². The monoisotopic (exact) mass is 556 g/mol. The van der Waals surface area contributed by atoms with Gasteiger partial charge in [0.1, 0.15) is 30.3 Å². The zero-order valence-electron chi connectivity index (χ0n) is 21.3. The second-order valence-electron chi connectivity index (χ2n) is 9.08. The number of alkyl halides is 3. The molecule has 0 fully saturated rings. The summed E-state index contributed by atoms with van der Waals surface area (Å²) in [6.07, 6.45) is -1.59. The Balaban J connectivity index is 1.42. The predicted molar refractivity (Wildman–Crippen MR) is 136 cm³/mol. The number of nitrogens with one attached hydrogen (secondary N) is 2. The molecule has 1 aliphatic carbocycles. The van der Waals surface area contributed by atoms with E-state index >= 15 is 0 Å². The lowest BCUT2D eigenvalue weighted by atomic mass is 9.98. The standard InChI is InChI=1S/C28H24F4N4O4/c1-3-10-40-27(39)18-5-6-19-17(15(18)2)7-9-22(19)35-26(38)23-13-24(34-14-33-23)36-25(37)12-16-4-8-21(29)20(11-16)28(30,31)32/h3-6,8,11,13-14,22H,1,7,9-10,12H2,2H3,(H,35,38)(H,33,34,36,37)/t22-/m0/s1. The summed E-state index contributed by atoms with van der Waals surface area (Å²) in [6, 6.07) is 6.63. The molecule has 0 spiro atoms. The third kappa shape index (κ3) is 6.33. The van der Waals surface area contributed by atoms with E-state index in [4.69, 9.17) is 4.74 Å². The molecule has 1 heterocycles.